The van der Waals surface area contributed by atoms with Gasteiger partial charge in [-0.05, 0) is 18.9 Å². The molecule has 2 aromatic rings. The summed E-state index contributed by atoms with van der Waals surface area (Å²) in [5.74, 6) is 0.0419. The molecule has 1 N–H and O–H groups in total. The summed E-state index contributed by atoms with van der Waals surface area (Å²) in [5, 5.41) is 7.36. The van der Waals surface area contributed by atoms with Gasteiger partial charge in [0.15, 0.2) is 0 Å². The van der Waals surface area contributed by atoms with E-state index >= 15 is 0 Å². The molecule has 0 saturated heterocycles. The van der Waals surface area contributed by atoms with E-state index < -0.39 is 0 Å². The van der Waals surface area contributed by atoms with E-state index in [-0.39, 0.29) is 5.91 Å². The van der Waals surface area contributed by atoms with Crippen LogP contribution in [0.3, 0.4) is 0 Å². The van der Waals surface area contributed by atoms with Crippen LogP contribution in [-0.2, 0) is 11.3 Å². The molecule has 1 aromatic carbocycles. The number of hydrogen-bond donors (Lipinski definition) is 1. The van der Waals surface area contributed by atoms with Crippen molar-refractivity contribution in [3.8, 4) is 11.3 Å². The van der Waals surface area contributed by atoms with Crippen LogP contribution in [0.1, 0.15) is 12.8 Å². The number of aromatic nitrogens is 2. The first-order chi connectivity index (χ1) is 8.81. The molecular formula is C14H15N3O. The van der Waals surface area contributed by atoms with Crippen LogP contribution in [0.25, 0.3) is 11.3 Å². The largest absolute Gasteiger partial charge is 0.352 e. The molecule has 1 heterocycles. The van der Waals surface area contributed by atoms with E-state index in [0.717, 1.165) is 24.1 Å². The molecule has 0 radical (unpaired) electrons. The molecular weight excluding hydrogens is 226 g/mol. The molecule has 0 unspecified atom stereocenters. The van der Waals surface area contributed by atoms with Crippen molar-refractivity contribution >= 4 is 5.91 Å². The Hall–Kier alpha value is -2.10. The van der Waals surface area contributed by atoms with E-state index in [0.29, 0.717) is 12.6 Å². The van der Waals surface area contributed by atoms with Crippen LogP contribution in [0.4, 0.5) is 0 Å². The third kappa shape index (κ3) is 2.59. The molecule has 0 spiro atoms. The molecule has 1 saturated carbocycles. The van der Waals surface area contributed by atoms with Crippen LogP contribution in [0, 0.1) is 0 Å². The lowest BCUT2D eigenvalue weighted by atomic mass is 10.2. The molecule has 92 valence electrons. The zero-order chi connectivity index (χ0) is 12.4. The first-order valence-electron chi connectivity index (χ1n) is 6.19. The highest BCUT2D eigenvalue weighted by Gasteiger charge is 2.23. The van der Waals surface area contributed by atoms with Gasteiger partial charge in [0.25, 0.3) is 0 Å². The Morgan fingerprint density at radius 1 is 1.28 bits per heavy atom. The molecule has 1 amide bonds. The van der Waals surface area contributed by atoms with Gasteiger partial charge >= 0.3 is 0 Å². The Bertz CT molecular complexity index is 543. The van der Waals surface area contributed by atoms with E-state index in [1.807, 2.05) is 42.6 Å². The van der Waals surface area contributed by atoms with Gasteiger partial charge in [0.1, 0.15) is 6.54 Å². The van der Waals surface area contributed by atoms with Crippen LogP contribution in [-0.4, -0.2) is 21.7 Å². The van der Waals surface area contributed by atoms with E-state index in [4.69, 9.17) is 0 Å². The van der Waals surface area contributed by atoms with Crippen molar-refractivity contribution in [3.05, 3.63) is 42.6 Å². The maximum Gasteiger partial charge on any atom is 0.241 e. The second-order valence-electron chi connectivity index (χ2n) is 4.61. The number of nitrogens with zero attached hydrogens (tertiary/aromatic N) is 2. The van der Waals surface area contributed by atoms with Crippen LogP contribution in [0.5, 0.6) is 0 Å². The first-order valence-corrected chi connectivity index (χ1v) is 6.19. The highest BCUT2D eigenvalue weighted by molar-refractivity contribution is 5.76. The average Bonchev–Trinajstić information content (AvgIpc) is 3.06. The summed E-state index contributed by atoms with van der Waals surface area (Å²) >= 11 is 0. The summed E-state index contributed by atoms with van der Waals surface area (Å²) in [6, 6.07) is 12.3. The van der Waals surface area contributed by atoms with Crippen molar-refractivity contribution in [3.63, 3.8) is 0 Å². The number of carbonyl (C=O) groups excluding carboxylic acids is 1. The molecule has 4 heteroatoms. The number of nitrogens with one attached hydrogen (secondary N) is 1. The van der Waals surface area contributed by atoms with Gasteiger partial charge in [-0.1, -0.05) is 30.3 Å². The first kappa shape index (κ1) is 11.0. The Labute approximate surface area is 106 Å². The Kier molecular flexibility index (Phi) is 2.84. The number of rotatable bonds is 4. The second kappa shape index (κ2) is 4.64. The van der Waals surface area contributed by atoms with Gasteiger partial charge in [0.05, 0.1) is 5.69 Å². The maximum absolute atomic E-state index is 11.6. The number of amides is 1. The topological polar surface area (TPSA) is 46.9 Å². The third-order valence-corrected chi connectivity index (χ3v) is 2.96. The van der Waals surface area contributed by atoms with Gasteiger partial charge in [-0.2, -0.15) is 5.10 Å². The van der Waals surface area contributed by atoms with Gasteiger partial charge in [-0.15, -0.1) is 0 Å². The van der Waals surface area contributed by atoms with E-state index in [9.17, 15) is 4.79 Å². The lowest BCUT2D eigenvalue weighted by molar-refractivity contribution is -0.121. The highest BCUT2D eigenvalue weighted by Crippen LogP contribution is 2.18. The van der Waals surface area contributed by atoms with Crippen LogP contribution in [0.15, 0.2) is 42.6 Å². The zero-order valence-corrected chi connectivity index (χ0v) is 10.0. The van der Waals surface area contributed by atoms with Crippen LogP contribution >= 0.6 is 0 Å². The van der Waals surface area contributed by atoms with Gasteiger partial charge < -0.3 is 5.32 Å². The summed E-state index contributed by atoms with van der Waals surface area (Å²) in [6.45, 7) is 0.295. The molecule has 0 atom stereocenters. The monoisotopic (exact) mass is 241 g/mol. The fourth-order valence-electron chi connectivity index (χ4n) is 1.86. The Morgan fingerprint density at radius 2 is 2.06 bits per heavy atom. The SMILES string of the molecule is O=C(Cn1ccc(-c2ccccc2)n1)NC1CC1. The smallest absolute Gasteiger partial charge is 0.241 e. The second-order valence-corrected chi connectivity index (χ2v) is 4.61. The summed E-state index contributed by atoms with van der Waals surface area (Å²) in [6.07, 6.45) is 4.06. The van der Waals surface area contributed by atoms with Crippen molar-refractivity contribution in [1.82, 2.24) is 15.1 Å². The third-order valence-electron chi connectivity index (χ3n) is 2.96. The minimum atomic E-state index is 0.0419. The van der Waals surface area contributed by atoms with Gasteiger partial charge in [0.2, 0.25) is 5.91 Å². The predicted molar refractivity (Wildman–Crippen MR) is 68.8 cm³/mol. The lowest BCUT2D eigenvalue weighted by Crippen LogP contribution is -2.29. The van der Waals surface area contributed by atoms with E-state index in [1.165, 1.54) is 0 Å². The van der Waals surface area contributed by atoms with Gasteiger partial charge in [0, 0.05) is 17.8 Å². The summed E-state index contributed by atoms with van der Waals surface area (Å²) < 4.78 is 1.68. The van der Waals surface area contributed by atoms with Crippen molar-refractivity contribution in [2.24, 2.45) is 0 Å². The molecule has 0 aliphatic heterocycles. The van der Waals surface area contributed by atoms with Crippen molar-refractivity contribution < 1.29 is 4.79 Å². The fraction of sp³-hybridized carbons (Fsp3) is 0.286. The van der Waals surface area contributed by atoms with E-state index in [2.05, 4.69) is 10.4 Å². The van der Waals surface area contributed by atoms with Crippen LogP contribution in [0.2, 0.25) is 0 Å². The quantitative estimate of drug-likeness (QED) is 0.887. The molecule has 1 fully saturated rings. The number of carbonyl (C=O) groups is 1. The average molecular weight is 241 g/mol. The van der Waals surface area contributed by atoms with Crippen molar-refractivity contribution in [2.75, 3.05) is 0 Å². The maximum atomic E-state index is 11.6. The summed E-state index contributed by atoms with van der Waals surface area (Å²) in [7, 11) is 0. The molecule has 1 aromatic heterocycles. The molecule has 1 aliphatic rings. The molecule has 4 nitrogen and oxygen atoms in total. The molecule has 18 heavy (non-hydrogen) atoms. The molecule has 0 bridgehead atoms. The molecule has 3 rings (SSSR count). The number of benzene rings is 1. The van der Waals surface area contributed by atoms with Gasteiger partial charge in [-0.3, -0.25) is 9.48 Å². The van der Waals surface area contributed by atoms with Crippen LogP contribution < -0.4 is 5.32 Å². The fourth-order valence-corrected chi connectivity index (χ4v) is 1.86. The normalized spacial score (nSPS) is 14.4. The summed E-state index contributed by atoms with van der Waals surface area (Å²) in [4.78, 5) is 11.6. The number of hydrogen-bond acceptors (Lipinski definition) is 2. The summed E-state index contributed by atoms with van der Waals surface area (Å²) in [5.41, 5.74) is 1.97. The Balaban J connectivity index is 1.67. The van der Waals surface area contributed by atoms with Crippen molar-refractivity contribution in [2.45, 2.75) is 25.4 Å². The molecule has 1 aliphatic carbocycles. The Morgan fingerprint density at radius 3 is 2.78 bits per heavy atom. The van der Waals surface area contributed by atoms with E-state index in [1.54, 1.807) is 4.68 Å². The highest BCUT2D eigenvalue weighted by atomic mass is 16.2. The van der Waals surface area contributed by atoms with Gasteiger partial charge in [-0.25, -0.2) is 0 Å². The lowest BCUT2D eigenvalue weighted by Gasteiger charge is -2.03. The zero-order valence-electron chi connectivity index (χ0n) is 10.0. The van der Waals surface area contributed by atoms with Crippen molar-refractivity contribution in [1.29, 1.82) is 0 Å². The minimum Gasteiger partial charge on any atom is -0.352 e. The minimum absolute atomic E-state index is 0.0419. The predicted octanol–water partition coefficient (Wildman–Crippen LogP) is 1.83. The standard InChI is InChI=1S/C14H15N3O/c18-14(15-12-6-7-12)10-17-9-8-13(16-17)11-4-2-1-3-5-11/h1-5,8-9,12H,6-7,10H2,(H,15,18).